The van der Waals surface area contributed by atoms with E-state index in [-0.39, 0.29) is 6.10 Å². The molecule has 0 spiro atoms. The number of allylic oxidation sites excluding steroid dienone is 2. The van der Waals surface area contributed by atoms with Crippen molar-refractivity contribution in [1.82, 2.24) is 5.32 Å². The number of unbranched alkanes of at least 4 members (excludes halogenated alkanes) is 10. The van der Waals surface area contributed by atoms with Gasteiger partial charge in [0, 0.05) is 19.2 Å². The molecule has 0 saturated heterocycles. The second kappa shape index (κ2) is 19.9. The maximum atomic E-state index is 9.72. The fourth-order valence-corrected chi connectivity index (χ4v) is 2.75. The highest BCUT2D eigenvalue weighted by molar-refractivity contribution is 4.81. The second-order valence-electron chi connectivity index (χ2n) is 7.52. The van der Waals surface area contributed by atoms with Gasteiger partial charge in [0.2, 0.25) is 0 Å². The molecule has 2 N–H and O–H groups in total. The fourth-order valence-electron chi connectivity index (χ4n) is 2.75. The van der Waals surface area contributed by atoms with Crippen molar-refractivity contribution in [1.29, 1.82) is 0 Å². The second-order valence-corrected chi connectivity index (χ2v) is 7.52. The Bertz CT molecular complexity index is 279. The zero-order valence-electron chi connectivity index (χ0n) is 17.3. The third-order valence-corrected chi connectivity index (χ3v) is 4.37. The Labute approximate surface area is 157 Å². The molecule has 0 radical (unpaired) electrons. The summed E-state index contributed by atoms with van der Waals surface area (Å²) in [7, 11) is 0. The predicted octanol–water partition coefficient (Wildman–Crippen LogP) is 5.62. The molecule has 0 saturated carbocycles. The molecule has 0 aliphatic rings. The summed E-state index contributed by atoms with van der Waals surface area (Å²) in [6.45, 7) is 8.26. The maximum Gasteiger partial charge on any atom is 0.0897 e. The van der Waals surface area contributed by atoms with Crippen molar-refractivity contribution in [2.24, 2.45) is 0 Å². The summed E-state index contributed by atoms with van der Waals surface area (Å²) in [4.78, 5) is 0. The van der Waals surface area contributed by atoms with Crippen molar-refractivity contribution in [2.45, 2.75) is 110 Å². The molecule has 0 aliphatic carbocycles. The van der Waals surface area contributed by atoms with Crippen molar-refractivity contribution in [3.05, 3.63) is 12.2 Å². The van der Waals surface area contributed by atoms with E-state index in [0.717, 1.165) is 13.0 Å². The van der Waals surface area contributed by atoms with Crippen LogP contribution in [-0.2, 0) is 4.74 Å². The van der Waals surface area contributed by atoms with Gasteiger partial charge < -0.3 is 15.2 Å². The highest BCUT2D eigenvalue weighted by Gasteiger charge is 2.04. The van der Waals surface area contributed by atoms with Crippen LogP contribution >= 0.6 is 0 Å². The molecule has 0 amide bonds. The van der Waals surface area contributed by atoms with Gasteiger partial charge in [-0.15, -0.1) is 0 Å². The molecular formula is C22H45NO2. The summed E-state index contributed by atoms with van der Waals surface area (Å²) in [6, 6.07) is 0.412. The molecule has 0 fully saturated rings. The Kier molecular flexibility index (Phi) is 19.6. The van der Waals surface area contributed by atoms with Gasteiger partial charge in [-0.1, -0.05) is 77.9 Å². The lowest BCUT2D eigenvalue weighted by atomic mass is 10.1. The summed E-state index contributed by atoms with van der Waals surface area (Å²) < 4.78 is 5.53. The van der Waals surface area contributed by atoms with Gasteiger partial charge >= 0.3 is 0 Å². The van der Waals surface area contributed by atoms with Crippen LogP contribution in [0, 0.1) is 0 Å². The lowest BCUT2D eigenvalue weighted by molar-refractivity contribution is 0.0346. The molecule has 1 atom stereocenters. The van der Waals surface area contributed by atoms with Gasteiger partial charge in [-0.25, -0.2) is 0 Å². The van der Waals surface area contributed by atoms with Crippen molar-refractivity contribution < 1.29 is 9.84 Å². The minimum absolute atomic E-state index is 0.390. The number of hydrogen-bond donors (Lipinski definition) is 2. The quantitative estimate of drug-likeness (QED) is 0.233. The molecule has 25 heavy (non-hydrogen) atoms. The smallest absolute Gasteiger partial charge is 0.0897 e. The van der Waals surface area contributed by atoms with Crippen LogP contribution in [-0.4, -0.2) is 37.0 Å². The Morgan fingerprint density at radius 2 is 1.40 bits per heavy atom. The van der Waals surface area contributed by atoms with Crippen molar-refractivity contribution in [3.63, 3.8) is 0 Å². The zero-order chi connectivity index (χ0) is 18.6. The van der Waals surface area contributed by atoms with Gasteiger partial charge in [-0.3, -0.25) is 0 Å². The molecule has 0 aromatic carbocycles. The minimum Gasteiger partial charge on any atom is -0.389 e. The van der Waals surface area contributed by atoms with E-state index in [4.69, 9.17) is 4.74 Å². The lowest BCUT2D eigenvalue weighted by Crippen LogP contribution is -2.34. The molecule has 0 heterocycles. The Morgan fingerprint density at radius 3 is 2.00 bits per heavy atom. The van der Waals surface area contributed by atoms with E-state index < -0.39 is 0 Å². The SMILES string of the molecule is CCCCCCCC/C=C/CCCCCCOCC(O)CNC(C)C. The topological polar surface area (TPSA) is 41.5 Å². The maximum absolute atomic E-state index is 9.72. The number of aliphatic hydroxyl groups is 1. The third-order valence-electron chi connectivity index (χ3n) is 4.37. The van der Waals surface area contributed by atoms with Crippen LogP contribution in [0.2, 0.25) is 0 Å². The third kappa shape index (κ3) is 21.6. The summed E-state index contributed by atoms with van der Waals surface area (Å²) >= 11 is 0. The Hall–Kier alpha value is -0.380. The van der Waals surface area contributed by atoms with E-state index in [1.807, 2.05) is 0 Å². The zero-order valence-corrected chi connectivity index (χ0v) is 17.3. The van der Waals surface area contributed by atoms with Crippen LogP contribution in [0.4, 0.5) is 0 Å². The van der Waals surface area contributed by atoms with E-state index in [0.29, 0.717) is 19.2 Å². The van der Waals surface area contributed by atoms with E-state index in [1.165, 1.54) is 70.6 Å². The number of ether oxygens (including phenoxy) is 1. The van der Waals surface area contributed by atoms with E-state index in [9.17, 15) is 5.11 Å². The van der Waals surface area contributed by atoms with Gasteiger partial charge in [0.25, 0.3) is 0 Å². The first-order valence-electron chi connectivity index (χ1n) is 10.8. The molecule has 0 aromatic heterocycles. The van der Waals surface area contributed by atoms with Crippen molar-refractivity contribution >= 4 is 0 Å². The van der Waals surface area contributed by atoms with Crippen LogP contribution in [0.15, 0.2) is 12.2 Å². The molecule has 0 aromatic rings. The molecule has 150 valence electrons. The summed E-state index contributed by atoms with van der Waals surface area (Å²) in [6.07, 6.45) is 20.0. The number of rotatable bonds is 19. The van der Waals surface area contributed by atoms with Gasteiger partial charge in [0.05, 0.1) is 12.7 Å². The van der Waals surface area contributed by atoms with Crippen LogP contribution in [0.5, 0.6) is 0 Å². The van der Waals surface area contributed by atoms with Gasteiger partial charge in [-0.2, -0.15) is 0 Å². The molecule has 0 rings (SSSR count). The van der Waals surface area contributed by atoms with Crippen LogP contribution in [0.25, 0.3) is 0 Å². The lowest BCUT2D eigenvalue weighted by Gasteiger charge is -2.14. The fraction of sp³-hybridized carbons (Fsp3) is 0.909. The first-order valence-corrected chi connectivity index (χ1v) is 10.8. The molecule has 3 heteroatoms. The Morgan fingerprint density at radius 1 is 0.840 bits per heavy atom. The van der Waals surface area contributed by atoms with E-state index >= 15 is 0 Å². The van der Waals surface area contributed by atoms with Gasteiger partial charge in [0.1, 0.15) is 0 Å². The van der Waals surface area contributed by atoms with Gasteiger partial charge in [0.15, 0.2) is 0 Å². The predicted molar refractivity (Wildman–Crippen MR) is 110 cm³/mol. The first-order chi connectivity index (χ1) is 12.2. The van der Waals surface area contributed by atoms with Crippen LogP contribution < -0.4 is 5.32 Å². The van der Waals surface area contributed by atoms with Gasteiger partial charge in [-0.05, 0) is 32.1 Å². The summed E-state index contributed by atoms with van der Waals surface area (Å²) in [5.74, 6) is 0. The van der Waals surface area contributed by atoms with Crippen LogP contribution in [0.1, 0.15) is 97.8 Å². The molecule has 1 unspecified atom stereocenters. The molecule has 3 nitrogen and oxygen atoms in total. The van der Waals surface area contributed by atoms with E-state index in [1.54, 1.807) is 0 Å². The van der Waals surface area contributed by atoms with E-state index in [2.05, 4.69) is 38.2 Å². The monoisotopic (exact) mass is 355 g/mol. The number of nitrogens with one attached hydrogen (secondary N) is 1. The number of hydrogen-bond acceptors (Lipinski definition) is 3. The van der Waals surface area contributed by atoms with Crippen LogP contribution in [0.3, 0.4) is 0 Å². The highest BCUT2D eigenvalue weighted by Crippen LogP contribution is 2.08. The number of aliphatic hydroxyl groups excluding tert-OH is 1. The average molecular weight is 356 g/mol. The highest BCUT2D eigenvalue weighted by atomic mass is 16.5. The summed E-state index contributed by atoms with van der Waals surface area (Å²) in [5, 5.41) is 12.9. The molecule has 0 bridgehead atoms. The summed E-state index contributed by atoms with van der Waals surface area (Å²) in [5.41, 5.74) is 0. The minimum atomic E-state index is -0.390. The molecule has 0 aliphatic heterocycles. The van der Waals surface area contributed by atoms with Crippen molar-refractivity contribution in [2.75, 3.05) is 19.8 Å². The normalized spacial score (nSPS) is 13.2. The first kappa shape index (κ1) is 24.6. The molecular weight excluding hydrogens is 310 g/mol. The van der Waals surface area contributed by atoms with Crippen molar-refractivity contribution in [3.8, 4) is 0 Å². The average Bonchev–Trinajstić information content (AvgIpc) is 2.59. The standard InChI is InChI=1S/C22H45NO2/c1-4-5-6-7-8-9-10-11-12-13-14-15-16-17-18-25-20-22(24)19-23-21(2)3/h11-12,21-24H,4-10,13-20H2,1-3H3/b12-11+. The largest absolute Gasteiger partial charge is 0.389 e. The Balaban J connectivity index is 3.17.